The van der Waals surface area contributed by atoms with E-state index in [-0.39, 0.29) is 49.0 Å². The van der Waals surface area contributed by atoms with Crippen molar-refractivity contribution in [2.24, 2.45) is 0 Å². The van der Waals surface area contributed by atoms with Gasteiger partial charge in [-0.05, 0) is 41.5 Å². The quantitative estimate of drug-likeness (QED) is 0.145. The smallest absolute Gasteiger partial charge is 0.301 e. The first kappa shape index (κ1) is 31.8. The van der Waals surface area contributed by atoms with Crippen molar-refractivity contribution in [2.45, 2.75) is 17.6 Å². The number of halogens is 3. The topological polar surface area (TPSA) is 144 Å². The normalized spacial score (nSPS) is 14.8. The van der Waals surface area contributed by atoms with Crippen molar-refractivity contribution in [1.29, 1.82) is 0 Å². The van der Waals surface area contributed by atoms with Gasteiger partial charge in [0.2, 0.25) is 10.0 Å². The van der Waals surface area contributed by atoms with Gasteiger partial charge in [0, 0.05) is 68.7 Å². The van der Waals surface area contributed by atoms with E-state index in [1.165, 1.54) is 46.8 Å². The number of hydrogen-bond donors (Lipinski definition) is 0. The molecular weight excluding hydrogens is 641 g/mol. The first-order chi connectivity index (χ1) is 22.3. The second-order valence-corrected chi connectivity index (χ2v) is 12.8. The number of rotatable bonds is 8. The second-order valence-electron chi connectivity index (χ2n) is 10.9. The Morgan fingerprint density at radius 2 is 1.40 bits per heavy atom. The number of alkyl halides is 3. The maximum atomic E-state index is 13.5. The molecule has 5 aromatic rings. The number of aromatic nitrogens is 2. The fourth-order valence-corrected chi connectivity index (χ4v) is 7.00. The molecule has 0 saturated carbocycles. The Balaban J connectivity index is 1.34. The number of hydrogen-bond acceptors (Lipinski definition) is 8. The van der Waals surface area contributed by atoms with E-state index in [9.17, 15) is 41.8 Å². The lowest BCUT2D eigenvalue weighted by Gasteiger charge is -2.34. The number of non-ortho nitro benzene ring substituents is 2. The molecule has 0 N–H and O–H groups in total. The van der Waals surface area contributed by atoms with Crippen LogP contribution in [0.25, 0.3) is 28.0 Å². The van der Waals surface area contributed by atoms with Gasteiger partial charge < -0.3 is 4.40 Å². The standard InChI is InChI=1S/C31H25F3N6O6S/c32-31(33,34)24-6-1-4-21(16-24)23-10-11-29-35-30(22-5-2-7-25(17-22)39(41)42)28(38(29)19-23)20-36-12-14-37(15-13-36)47(45,46)27-9-3-8-26(18-27)40(43)44/h1-11,16-19H,12-15,20H2. The number of benzene rings is 3. The van der Waals surface area contributed by atoms with Crippen LogP contribution in [0.15, 0.2) is 96.0 Å². The molecule has 0 bridgehead atoms. The van der Waals surface area contributed by atoms with Crippen LogP contribution in [0.5, 0.6) is 0 Å². The molecule has 0 atom stereocenters. The molecule has 0 amide bonds. The lowest BCUT2D eigenvalue weighted by atomic mass is 10.0. The maximum absolute atomic E-state index is 13.5. The molecule has 242 valence electrons. The molecule has 12 nitrogen and oxygen atoms in total. The van der Waals surface area contributed by atoms with Gasteiger partial charge >= 0.3 is 6.18 Å². The summed E-state index contributed by atoms with van der Waals surface area (Å²) >= 11 is 0. The van der Waals surface area contributed by atoms with E-state index < -0.39 is 31.6 Å². The third-order valence-corrected chi connectivity index (χ3v) is 9.84. The van der Waals surface area contributed by atoms with Gasteiger partial charge in [-0.2, -0.15) is 17.5 Å². The summed E-state index contributed by atoms with van der Waals surface area (Å²) in [6, 6.07) is 19.1. The Morgan fingerprint density at radius 1 is 0.766 bits per heavy atom. The first-order valence-electron chi connectivity index (χ1n) is 14.2. The summed E-state index contributed by atoms with van der Waals surface area (Å²) < 4.78 is 69.9. The van der Waals surface area contributed by atoms with E-state index in [0.717, 1.165) is 18.2 Å². The molecule has 1 saturated heterocycles. The molecule has 6 rings (SSSR count). The van der Waals surface area contributed by atoms with Crippen molar-refractivity contribution >= 4 is 27.0 Å². The summed E-state index contributed by atoms with van der Waals surface area (Å²) in [5.74, 6) is 0. The van der Waals surface area contributed by atoms with Gasteiger partial charge in [0.05, 0.1) is 31.7 Å². The first-order valence-corrected chi connectivity index (χ1v) is 15.7. The molecule has 0 radical (unpaired) electrons. The molecule has 0 unspecified atom stereocenters. The number of sulfonamides is 1. The van der Waals surface area contributed by atoms with Crippen molar-refractivity contribution in [3.63, 3.8) is 0 Å². The molecule has 16 heteroatoms. The van der Waals surface area contributed by atoms with Crippen molar-refractivity contribution < 1.29 is 31.4 Å². The summed E-state index contributed by atoms with van der Waals surface area (Å²) in [5.41, 5.74) is 1.50. The highest BCUT2D eigenvalue weighted by atomic mass is 32.2. The van der Waals surface area contributed by atoms with E-state index in [1.54, 1.807) is 34.9 Å². The van der Waals surface area contributed by atoms with Gasteiger partial charge in [-0.1, -0.05) is 30.3 Å². The van der Waals surface area contributed by atoms with Gasteiger partial charge in [-0.3, -0.25) is 25.1 Å². The van der Waals surface area contributed by atoms with Gasteiger partial charge in [0.1, 0.15) is 5.65 Å². The van der Waals surface area contributed by atoms with Crippen LogP contribution in [-0.4, -0.2) is 63.0 Å². The fourth-order valence-electron chi connectivity index (χ4n) is 5.53. The predicted octanol–water partition coefficient (Wildman–Crippen LogP) is 6.01. The van der Waals surface area contributed by atoms with Gasteiger partial charge in [0.15, 0.2) is 0 Å². The van der Waals surface area contributed by atoms with Gasteiger partial charge in [-0.25, -0.2) is 13.4 Å². The Bertz CT molecular complexity index is 2130. The molecule has 3 heterocycles. The summed E-state index contributed by atoms with van der Waals surface area (Å²) in [6.07, 6.45) is -2.86. The minimum absolute atomic E-state index is 0.0867. The van der Waals surface area contributed by atoms with E-state index in [0.29, 0.717) is 33.7 Å². The highest BCUT2D eigenvalue weighted by Gasteiger charge is 2.32. The fraction of sp³-hybridized carbons (Fsp3) is 0.194. The zero-order valence-electron chi connectivity index (χ0n) is 24.4. The number of nitro benzene ring substituents is 2. The Hall–Kier alpha value is -5.19. The number of nitrogens with zero attached hydrogens (tertiary/aromatic N) is 6. The second kappa shape index (κ2) is 12.2. The lowest BCUT2D eigenvalue weighted by molar-refractivity contribution is -0.385. The Labute approximate surface area is 265 Å². The molecular formula is C31H25F3N6O6S. The summed E-state index contributed by atoms with van der Waals surface area (Å²) in [4.78, 5) is 28.0. The number of fused-ring (bicyclic) bond motifs is 1. The molecule has 1 aliphatic heterocycles. The minimum Gasteiger partial charge on any atom is -0.301 e. The van der Waals surface area contributed by atoms with E-state index in [4.69, 9.17) is 4.98 Å². The van der Waals surface area contributed by atoms with Crippen LogP contribution in [0.1, 0.15) is 11.3 Å². The van der Waals surface area contributed by atoms with E-state index in [2.05, 4.69) is 0 Å². The number of nitro groups is 2. The summed E-state index contributed by atoms with van der Waals surface area (Å²) in [5, 5.41) is 22.7. The van der Waals surface area contributed by atoms with Crippen LogP contribution >= 0.6 is 0 Å². The third-order valence-electron chi connectivity index (χ3n) is 7.94. The van der Waals surface area contributed by atoms with Crippen LogP contribution in [0.2, 0.25) is 0 Å². The molecule has 2 aromatic heterocycles. The van der Waals surface area contributed by atoms with Crippen molar-refractivity contribution in [1.82, 2.24) is 18.6 Å². The number of piperazine rings is 1. The van der Waals surface area contributed by atoms with Crippen molar-refractivity contribution in [2.75, 3.05) is 26.2 Å². The van der Waals surface area contributed by atoms with Crippen LogP contribution in [0.3, 0.4) is 0 Å². The zero-order chi connectivity index (χ0) is 33.5. The number of pyridine rings is 1. The average Bonchev–Trinajstić information content (AvgIpc) is 3.42. The minimum atomic E-state index is -4.53. The summed E-state index contributed by atoms with van der Waals surface area (Å²) in [7, 11) is -4.01. The Kier molecular flexibility index (Phi) is 8.25. The number of imidazole rings is 1. The summed E-state index contributed by atoms with van der Waals surface area (Å²) in [6.45, 7) is 0.967. The highest BCUT2D eigenvalue weighted by Crippen LogP contribution is 2.34. The van der Waals surface area contributed by atoms with Gasteiger partial charge in [-0.15, -0.1) is 0 Å². The van der Waals surface area contributed by atoms with E-state index in [1.807, 2.05) is 4.90 Å². The molecule has 1 aliphatic rings. The van der Waals surface area contributed by atoms with E-state index >= 15 is 0 Å². The molecule has 0 aliphatic carbocycles. The predicted molar refractivity (Wildman–Crippen MR) is 165 cm³/mol. The zero-order valence-corrected chi connectivity index (χ0v) is 25.2. The molecule has 47 heavy (non-hydrogen) atoms. The highest BCUT2D eigenvalue weighted by molar-refractivity contribution is 7.89. The van der Waals surface area contributed by atoms with Gasteiger partial charge in [0.25, 0.3) is 11.4 Å². The third kappa shape index (κ3) is 6.43. The lowest BCUT2D eigenvalue weighted by Crippen LogP contribution is -2.48. The SMILES string of the molecule is O=[N+]([O-])c1cccc(-c2nc3ccc(-c4cccc(C(F)(F)F)c4)cn3c2CN2CCN(S(=O)(=O)c3cccc([N+](=O)[O-])c3)CC2)c1. The van der Waals surface area contributed by atoms with Crippen LogP contribution < -0.4 is 0 Å². The maximum Gasteiger partial charge on any atom is 0.416 e. The monoisotopic (exact) mass is 666 g/mol. The van der Waals surface area contributed by atoms with Crippen molar-refractivity contribution in [3.8, 4) is 22.4 Å². The average molecular weight is 667 g/mol. The molecule has 3 aromatic carbocycles. The van der Waals surface area contributed by atoms with Crippen LogP contribution in [0, 0.1) is 20.2 Å². The van der Waals surface area contributed by atoms with Crippen molar-refractivity contribution in [3.05, 3.63) is 123 Å². The molecule has 1 fully saturated rings. The largest absolute Gasteiger partial charge is 0.416 e. The Morgan fingerprint density at radius 3 is 2.09 bits per heavy atom. The van der Waals surface area contributed by atoms with Crippen LogP contribution in [-0.2, 0) is 22.7 Å². The van der Waals surface area contributed by atoms with Crippen LogP contribution in [0.4, 0.5) is 24.5 Å². The molecule has 0 spiro atoms.